The zero-order valence-electron chi connectivity index (χ0n) is 17.8. The van der Waals surface area contributed by atoms with E-state index in [-0.39, 0.29) is 11.6 Å². The molecule has 0 aliphatic carbocycles. The zero-order chi connectivity index (χ0) is 22.3. The van der Waals surface area contributed by atoms with Crippen LogP contribution in [0.25, 0.3) is 17.3 Å². The van der Waals surface area contributed by atoms with Crippen molar-refractivity contribution in [3.8, 4) is 17.3 Å². The standard InChI is InChI=1S/C25H24N4O2S/c1-18(19-8-4-2-5-9-19)27-24(30)21(17-26)16-22-23(20-10-6-3-7-11-20)28-25(32-22)29-12-14-31-15-13-29/h2-11,16,18H,12-15H2,1H3,(H,27,30)/b21-16+/t18-/m0/s1. The number of nitrogens with one attached hydrogen (secondary N) is 1. The SMILES string of the molecule is C[C@H](NC(=O)/C(C#N)=C/c1sc(N2CCOCC2)nc1-c1ccccc1)c1ccccc1. The topological polar surface area (TPSA) is 78.2 Å². The lowest BCUT2D eigenvalue weighted by molar-refractivity contribution is -0.117. The van der Waals surface area contributed by atoms with Gasteiger partial charge in [0.25, 0.3) is 5.91 Å². The van der Waals surface area contributed by atoms with Gasteiger partial charge in [0.05, 0.1) is 29.8 Å². The summed E-state index contributed by atoms with van der Waals surface area (Å²) < 4.78 is 5.46. The molecule has 2 aromatic carbocycles. The average molecular weight is 445 g/mol. The first-order valence-electron chi connectivity index (χ1n) is 10.5. The van der Waals surface area contributed by atoms with E-state index < -0.39 is 5.91 Å². The molecule has 162 valence electrons. The summed E-state index contributed by atoms with van der Waals surface area (Å²) in [6.07, 6.45) is 1.65. The van der Waals surface area contributed by atoms with E-state index in [0.29, 0.717) is 13.2 Å². The van der Waals surface area contributed by atoms with Crippen LogP contribution in [0.1, 0.15) is 23.4 Å². The molecule has 0 unspecified atom stereocenters. The summed E-state index contributed by atoms with van der Waals surface area (Å²) in [6, 6.07) is 21.4. The zero-order valence-corrected chi connectivity index (χ0v) is 18.6. The summed E-state index contributed by atoms with van der Waals surface area (Å²) in [6.45, 7) is 4.76. The molecule has 0 spiro atoms. The molecule has 1 aliphatic rings. The van der Waals surface area contributed by atoms with E-state index in [1.54, 1.807) is 6.08 Å². The minimum atomic E-state index is -0.399. The molecule has 0 radical (unpaired) electrons. The molecule has 1 aliphatic heterocycles. The first-order valence-corrected chi connectivity index (χ1v) is 11.3. The van der Waals surface area contributed by atoms with E-state index in [1.807, 2.05) is 67.6 Å². The number of carbonyl (C=O) groups excluding carboxylic acids is 1. The molecule has 6 nitrogen and oxygen atoms in total. The minimum Gasteiger partial charge on any atom is -0.378 e. The molecule has 4 rings (SSSR count). The fourth-order valence-electron chi connectivity index (χ4n) is 3.49. The lowest BCUT2D eigenvalue weighted by Gasteiger charge is -2.26. The van der Waals surface area contributed by atoms with Gasteiger partial charge < -0.3 is 15.0 Å². The molecule has 3 aromatic rings. The number of amides is 1. The summed E-state index contributed by atoms with van der Waals surface area (Å²) in [7, 11) is 0. The van der Waals surface area contributed by atoms with Gasteiger partial charge in [0.15, 0.2) is 5.13 Å². The molecule has 1 amide bonds. The Balaban J connectivity index is 1.64. The Kier molecular flexibility index (Phi) is 6.95. The van der Waals surface area contributed by atoms with Gasteiger partial charge in [-0.15, -0.1) is 0 Å². The Morgan fingerprint density at radius 1 is 1.16 bits per heavy atom. The van der Waals surface area contributed by atoms with Crippen LogP contribution < -0.4 is 10.2 Å². The van der Waals surface area contributed by atoms with Crippen LogP contribution >= 0.6 is 11.3 Å². The Bertz CT molecular complexity index is 1130. The minimum absolute atomic E-state index is 0.0575. The van der Waals surface area contributed by atoms with Gasteiger partial charge in [-0.2, -0.15) is 5.26 Å². The van der Waals surface area contributed by atoms with Crippen LogP contribution in [0.2, 0.25) is 0 Å². The summed E-state index contributed by atoms with van der Waals surface area (Å²) >= 11 is 1.49. The maximum absolute atomic E-state index is 12.9. The van der Waals surface area contributed by atoms with Crippen molar-refractivity contribution in [2.45, 2.75) is 13.0 Å². The Morgan fingerprint density at radius 3 is 2.47 bits per heavy atom. The van der Waals surface area contributed by atoms with Gasteiger partial charge in [0.1, 0.15) is 11.6 Å². The maximum Gasteiger partial charge on any atom is 0.262 e. The fourth-order valence-corrected chi connectivity index (χ4v) is 4.57. The molecule has 0 bridgehead atoms. The second-order valence-corrected chi connectivity index (χ2v) is 8.46. The highest BCUT2D eigenvalue weighted by molar-refractivity contribution is 7.17. The molecule has 1 aromatic heterocycles. The number of nitrogens with zero attached hydrogens (tertiary/aromatic N) is 3. The van der Waals surface area contributed by atoms with E-state index >= 15 is 0 Å². The van der Waals surface area contributed by atoms with Crippen molar-refractivity contribution in [2.24, 2.45) is 0 Å². The second kappa shape index (κ2) is 10.2. The van der Waals surface area contributed by atoms with Crippen LogP contribution in [-0.4, -0.2) is 37.2 Å². The molecule has 2 heterocycles. The summed E-state index contributed by atoms with van der Waals surface area (Å²) in [5, 5.41) is 13.5. The van der Waals surface area contributed by atoms with Gasteiger partial charge in [-0.1, -0.05) is 72.0 Å². The molecule has 32 heavy (non-hydrogen) atoms. The summed E-state index contributed by atoms with van der Waals surface area (Å²) in [5.74, 6) is -0.399. The number of morpholine rings is 1. The fraction of sp³-hybridized carbons (Fsp3) is 0.240. The van der Waals surface area contributed by atoms with Gasteiger partial charge >= 0.3 is 0 Å². The average Bonchev–Trinajstić information content (AvgIpc) is 3.28. The Morgan fingerprint density at radius 2 is 1.81 bits per heavy atom. The number of hydrogen-bond acceptors (Lipinski definition) is 6. The lowest BCUT2D eigenvalue weighted by Crippen LogP contribution is -2.36. The molecule has 1 fully saturated rings. The van der Waals surface area contributed by atoms with Gasteiger partial charge in [-0.3, -0.25) is 4.79 Å². The number of anilines is 1. The van der Waals surface area contributed by atoms with E-state index in [1.165, 1.54) is 11.3 Å². The first-order chi connectivity index (χ1) is 15.7. The van der Waals surface area contributed by atoms with Crippen molar-refractivity contribution < 1.29 is 9.53 Å². The second-order valence-electron chi connectivity index (χ2n) is 7.45. The predicted octanol–water partition coefficient (Wildman–Crippen LogP) is 4.43. The van der Waals surface area contributed by atoms with E-state index in [9.17, 15) is 10.1 Å². The molecule has 1 atom stereocenters. The van der Waals surface area contributed by atoms with E-state index in [0.717, 1.165) is 39.9 Å². The monoisotopic (exact) mass is 444 g/mol. The van der Waals surface area contributed by atoms with Crippen LogP contribution in [0.15, 0.2) is 66.2 Å². The molecule has 1 N–H and O–H groups in total. The highest BCUT2D eigenvalue weighted by Crippen LogP contribution is 2.35. The normalized spacial score (nSPS) is 15.1. The third-order valence-electron chi connectivity index (χ3n) is 5.26. The first kappa shape index (κ1) is 21.8. The van der Waals surface area contributed by atoms with Crippen LogP contribution in [0.4, 0.5) is 5.13 Å². The number of aromatic nitrogens is 1. The van der Waals surface area contributed by atoms with Crippen molar-refractivity contribution in [1.29, 1.82) is 5.26 Å². The van der Waals surface area contributed by atoms with Crippen molar-refractivity contribution in [2.75, 3.05) is 31.2 Å². The predicted molar refractivity (Wildman–Crippen MR) is 127 cm³/mol. The smallest absolute Gasteiger partial charge is 0.262 e. The van der Waals surface area contributed by atoms with Crippen LogP contribution in [-0.2, 0) is 9.53 Å². The number of rotatable bonds is 6. The highest BCUT2D eigenvalue weighted by Gasteiger charge is 2.21. The lowest BCUT2D eigenvalue weighted by atomic mass is 10.1. The number of nitriles is 1. The summed E-state index contributed by atoms with van der Waals surface area (Å²) in [4.78, 5) is 20.7. The molecular weight excluding hydrogens is 420 g/mol. The third kappa shape index (κ3) is 5.05. The van der Waals surface area contributed by atoms with Crippen LogP contribution in [0.5, 0.6) is 0 Å². The maximum atomic E-state index is 12.9. The number of benzene rings is 2. The Labute approximate surface area is 191 Å². The Hall–Kier alpha value is -3.47. The number of thiazole rings is 1. The molecule has 0 saturated carbocycles. The number of carbonyl (C=O) groups is 1. The van der Waals surface area contributed by atoms with Crippen molar-refractivity contribution >= 4 is 28.5 Å². The third-order valence-corrected chi connectivity index (χ3v) is 6.32. The largest absolute Gasteiger partial charge is 0.378 e. The summed E-state index contributed by atoms with van der Waals surface area (Å²) in [5.41, 5.74) is 2.76. The van der Waals surface area contributed by atoms with Crippen molar-refractivity contribution in [3.05, 3.63) is 76.7 Å². The van der Waals surface area contributed by atoms with Crippen molar-refractivity contribution in [1.82, 2.24) is 10.3 Å². The van der Waals surface area contributed by atoms with Gasteiger partial charge in [0.2, 0.25) is 0 Å². The van der Waals surface area contributed by atoms with E-state index in [2.05, 4.69) is 16.3 Å². The molecular formula is C25H24N4O2S. The van der Waals surface area contributed by atoms with Crippen molar-refractivity contribution in [3.63, 3.8) is 0 Å². The quantitative estimate of drug-likeness (QED) is 0.449. The van der Waals surface area contributed by atoms with Crippen LogP contribution in [0.3, 0.4) is 0 Å². The van der Waals surface area contributed by atoms with Gasteiger partial charge in [0, 0.05) is 18.7 Å². The number of hydrogen-bond donors (Lipinski definition) is 1. The number of ether oxygens (including phenoxy) is 1. The van der Waals surface area contributed by atoms with E-state index in [4.69, 9.17) is 9.72 Å². The van der Waals surface area contributed by atoms with Gasteiger partial charge in [-0.25, -0.2) is 4.98 Å². The highest BCUT2D eigenvalue weighted by atomic mass is 32.1. The van der Waals surface area contributed by atoms with Crippen LogP contribution in [0, 0.1) is 11.3 Å². The molecule has 1 saturated heterocycles. The van der Waals surface area contributed by atoms with Gasteiger partial charge in [-0.05, 0) is 18.6 Å². The molecule has 7 heteroatoms.